The van der Waals surface area contributed by atoms with E-state index in [1.54, 1.807) is 11.9 Å². The summed E-state index contributed by atoms with van der Waals surface area (Å²) in [5.41, 5.74) is 5.01. The summed E-state index contributed by atoms with van der Waals surface area (Å²) in [5, 5.41) is 15.0. The van der Waals surface area contributed by atoms with Gasteiger partial charge < -0.3 is 14.8 Å². The molecular formula is C24H23N5O3S. The van der Waals surface area contributed by atoms with Crippen LogP contribution in [0.5, 0.6) is 11.5 Å². The van der Waals surface area contributed by atoms with Crippen molar-refractivity contribution in [1.82, 2.24) is 20.3 Å². The molecule has 3 aromatic carbocycles. The van der Waals surface area contributed by atoms with Gasteiger partial charge in [0.15, 0.2) is 11.7 Å². The van der Waals surface area contributed by atoms with E-state index in [1.807, 2.05) is 74.5 Å². The number of carbonyl (C=O) groups excluding carboxylic acids is 1. The van der Waals surface area contributed by atoms with Crippen molar-refractivity contribution < 1.29 is 14.3 Å². The average Bonchev–Trinajstić information content (AvgIpc) is 3.21. The maximum atomic E-state index is 12.2. The first kappa shape index (κ1) is 22.2. The van der Waals surface area contributed by atoms with Crippen LogP contribution in [0.25, 0.3) is 16.7 Å². The number of methoxy groups -OCH3 is 1. The molecule has 2 N–H and O–H groups in total. The molecule has 4 aromatic rings. The molecule has 0 saturated heterocycles. The smallest absolute Gasteiger partial charge is 0.264 e. The summed E-state index contributed by atoms with van der Waals surface area (Å²) in [6.07, 6.45) is 0. The zero-order valence-corrected chi connectivity index (χ0v) is 19.3. The maximum absolute atomic E-state index is 12.2. The monoisotopic (exact) mass is 461 g/mol. The number of hydrogen-bond acceptors (Lipinski definition) is 6. The van der Waals surface area contributed by atoms with E-state index in [0.29, 0.717) is 11.3 Å². The van der Waals surface area contributed by atoms with Crippen LogP contribution in [0, 0.1) is 13.8 Å². The lowest BCUT2D eigenvalue weighted by molar-refractivity contribution is -0.121. The molecule has 0 aliphatic heterocycles. The Morgan fingerprint density at radius 2 is 1.61 bits per heavy atom. The van der Waals surface area contributed by atoms with Crippen LogP contribution in [0.3, 0.4) is 0 Å². The molecule has 8 nitrogen and oxygen atoms in total. The van der Waals surface area contributed by atoms with Gasteiger partial charge in [-0.2, -0.15) is 4.80 Å². The molecular weight excluding hydrogens is 438 g/mol. The molecule has 0 saturated carbocycles. The van der Waals surface area contributed by atoms with Crippen molar-refractivity contribution in [3.63, 3.8) is 0 Å². The van der Waals surface area contributed by atoms with Crippen molar-refractivity contribution in [1.29, 1.82) is 0 Å². The summed E-state index contributed by atoms with van der Waals surface area (Å²) in [7, 11) is 1.62. The number of rotatable bonds is 6. The highest BCUT2D eigenvalue weighted by Gasteiger charge is 2.11. The van der Waals surface area contributed by atoms with E-state index in [0.717, 1.165) is 33.8 Å². The van der Waals surface area contributed by atoms with Gasteiger partial charge in [-0.3, -0.25) is 10.1 Å². The van der Waals surface area contributed by atoms with Gasteiger partial charge in [0, 0.05) is 5.69 Å². The van der Waals surface area contributed by atoms with Crippen LogP contribution >= 0.6 is 12.2 Å². The fourth-order valence-corrected chi connectivity index (χ4v) is 3.36. The van der Waals surface area contributed by atoms with Crippen LogP contribution in [0.2, 0.25) is 0 Å². The molecule has 0 atom stereocenters. The van der Waals surface area contributed by atoms with Gasteiger partial charge in [-0.05, 0) is 80.2 Å². The van der Waals surface area contributed by atoms with Gasteiger partial charge in [0.2, 0.25) is 0 Å². The number of fused-ring (bicyclic) bond motifs is 1. The third kappa shape index (κ3) is 5.45. The number of aryl methyl sites for hydroxylation is 2. The number of thiocarbonyl (C=S) groups is 1. The molecule has 0 radical (unpaired) electrons. The largest absolute Gasteiger partial charge is 0.497 e. The van der Waals surface area contributed by atoms with E-state index in [1.165, 1.54) is 0 Å². The Hall–Kier alpha value is -3.98. The van der Waals surface area contributed by atoms with Crippen LogP contribution in [0.15, 0.2) is 60.7 Å². The second kappa shape index (κ2) is 9.66. The maximum Gasteiger partial charge on any atom is 0.264 e. The second-order valence-corrected chi connectivity index (χ2v) is 7.86. The van der Waals surface area contributed by atoms with Gasteiger partial charge in [-0.15, -0.1) is 10.2 Å². The number of anilines is 1. The Bertz CT molecular complexity index is 1300. The Morgan fingerprint density at radius 1 is 0.970 bits per heavy atom. The molecule has 0 aliphatic rings. The van der Waals surface area contributed by atoms with E-state index in [9.17, 15) is 4.79 Å². The van der Waals surface area contributed by atoms with E-state index in [4.69, 9.17) is 21.7 Å². The molecule has 168 valence electrons. The van der Waals surface area contributed by atoms with Crippen molar-refractivity contribution in [2.24, 2.45) is 0 Å². The normalized spacial score (nSPS) is 10.6. The standard InChI is InChI=1S/C24H23N5O3S/c1-15-4-8-19(9-5-15)32-14-23(30)26-24(33)25-20-13-22-21(12-16(20)2)27-29(28-22)17-6-10-18(31-3)11-7-17/h4-13H,14H2,1-3H3,(H2,25,26,30,33). The highest BCUT2D eigenvalue weighted by atomic mass is 32.1. The Labute approximate surface area is 196 Å². The number of amides is 1. The molecule has 0 aliphatic carbocycles. The minimum Gasteiger partial charge on any atom is -0.497 e. The Morgan fingerprint density at radius 3 is 2.27 bits per heavy atom. The minimum absolute atomic E-state index is 0.140. The molecule has 0 fully saturated rings. The summed E-state index contributed by atoms with van der Waals surface area (Å²) in [6, 6.07) is 18.7. The molecule has 0 unspecified atom stereocenters. The van der Waals surface area contributed by atoms with Gasteiger partial charge in [0.25, 0.3) is 5.91 Å². The van der Waals surface area contributed by atoms with Gasteiger partial charge in [0.05, 0.1) is 12.8 Å². The molecule has 33 heavy (non-hydrogen) atoms. The highest BCUT2D eigenvalue weighted by molar-refractivity contribution is 7.80. The number of hydrogen-bond donors (Lipinski definition) is 2. The number of benzene rings is 3. The highest BCUT2D eigenvalue weighted by Crippen LogP contribution is 2.23. The van der Waals surface area contributed by atoms with Crippen molar-refractivity contribution >= 4 is 40.0 Å². The van der Waals surface area contributed by atoms with E-state index in [-0.39, 0.29) is 17.6 Å². The number of nitrogens with zero attached hydrogens (tertiary/aromatic N) is 3. The lowest BCUT2D eigenvalue weighted by atomic mass is 10.2. The van der Waals surface area contributed by atoms with Crippen LogP contribution in [0.4, 0.5) is 5.69 Å². The first-order valence-electron chi connectivity index (χ1n) is 10.2. The van der Waals surface area contributed by atoms with Gasteiger partial charge in [0.1, 0.15) is 22.5 Å². The summed E-state index contributed by atoms with van der Waals surface area (Å²) in [4.78, 5) is 13.8. The Kier molecular flexibility index (Phi) is 6.50. The van der Waals surface area contributed by atoms with Crippen molar-refractivity contribution in [3.05, 3.63) is 71.8 Å². The van der Waals surface area contributed by atoms with Crippen LogP contribution in [0.1, 0.15) is 11.1 Å². The van der Waals surface area contributed by atoms with Crippen LogP contribution < -0.4 is 20.1 Å². The summed E-state index contributed by atoms with van der Waals surface area (Å²) in [5.74, 6) is 1.03. The quantitative estimate of drug-likeness (QED) is 0.420. The number of ether oxygens (including phenoxy) is 2. The zero-order valence-electron chi connectivity index (χ0n) is 18.5. The summed E-state index contributed by atoms with van der Waals surface area (Å²) in [6.45, 7) is 3.78. The number of aromatic nitrogens is 3. The molecule has 1 aromatic heterocycles. The van der Waals surface area contributed by atoms with Crippen molar-refractivity contribution in [2.75, 3.05) is 19.0 Å². The summed E-state index contributed by atoms with van der Waals surface area (Å²) >= 11 is 5.30. The third-order valence-electron chi connectivity index (χ3n) is 4.92. The first-order valence-corrected chi connectivity index (χ1v) is 10.6. The van der Waals surface area contributed by atoms with Gasteiger partial charge >= 0.3 is 0 Å². The van der Waals surface area contributed by atoms with Crippen molar-refractivity contribution in [3.8, 4) is 17.2 Å². The van der Waals surface area contributed by atoms with Gasteiger partial charge in [-0.25, -0.2) is 0 Å². The van der Waals surface area contributed by atoms with E-state index < -0.39 is 0 Å². The number of nitrogens with one attached hydrogen (secondary N) is 2. The Balaban J connectivity index is 1.40. The molecule has 1 heterocycles. The van der Waals surface area contributed by atoms with Crippen molar-refractivity contribution in [2.45, 2.75) is 13.8 Å². The molecule has 4 rings (SSSR count). The van der Waals surface area contributed by atoms with Crippen LogP contribution in [-0.2, 0) is 4.79 Å². The minimum atomic E-state index is -0.350. The molecule has 9 heteroatoms. The van der Waals surface area contributed by atoms with Crippen LogP contribution in [-0.4, -0.2) is 39.7 Å². The predicted molar refractivity (Wildman–Crippen MR) is 131 cm³/mol. The van der Waals surface area contributed by atoms with E-state index in [2.05, 4.69) is 20.8 Å². The zero-order chi connectivity index (χ0) is 23.4. The topological polar surface area (TPSA) is 90.3 Å². The molecule has 0 bridgehead atoms. The fraction of sp³-hybridized carbons (Fsp3) is 0.167. The molecule has 1 amide bonds. The second-order valence-electron chi connectivity index (χ2n) is 7.45. The lowest BCUT2D eigenvalue weighted by Crippen LogP contribution is -2.37. The third-order valence-corrected chi connectivity index (χ3v) is 5.13. The first-order chi connectivity index (χ1) is 15.9. The predicted octanol–water partition coefficient (Wildman–Crippen LogP) is 3.94. The van der Waals surface area contributed by atoms with Gasteiger partial charge in [-0.1, -0.05) is 17.7 Å². The number of carbonyl (C=O) groups is 1. The lowest BCUT2D eigenvalue weighted by Gasteiger charge is -2.12. The average molecular weight is 462 g/mol. The molecule has 0 spiro atoms. The van der Waals surface area contributed by atoms with E-state index >= 15 is 0 Å². The summed E-state index contributed by atoms with van der Waals surface area (Å²) < 4.78 is 10.7. The fourth-order valence-electron chi connectivity index (χ4n) is 3.13. The SMILES string of the molecule is COc1ccc(-n2nc3cc(C)c(NC(=S)NC(=O)COc4ccc(C)cc4)cc3n2)cc1.